The summed E-state index contributed by atoms with van der Waals surface area (Å²) in [6.45, 7) is 6.12. The fourth-order valence-electron chi connectivity index (χ4n) is 1.72. The van der Waals surface area contributed by atoms with Crippen molar-refractivity contribution < 1.29 is 9.13 Å². The third-order valence-electron chi connectivity index (χ3n) is 2.94. The Morgan fingerprint density at radius 2 is 2.06 bits per heavy atom. The van der Waals surface area contributed by atoms with Crippen molar-refractivity contribution in [1.82, 2.24) is 0 Å². The lowest BCUT2D eigenvalue weighted by Crippen LogP contribution is -2.06. The van der Waals surface area contributed by atoms with Gasteiger partial charge in [0.25, 0.3) is 0 Å². The number of hydrogen-bond donors (Lipinski definition) is 0. The second-order valence-electron chi connectivity index (χ2n) is 4.14. The summed E-state index contributed by atoms with van der Waals surface area (Å²) in [7, 11) is 1.60. The molecule has 2 atom stereocenters. The van der Waals surface area contributed by atoms with Gasteiger partial charge in [0.05, 0.1) is 7.11 Å². The zero-order valence-corrected chi connectivity index (χ0v) is 10.9. The van der Waals surface area contributed by atoms with Crippen molar-refractivity contribution in [2.45, 2.75) is 33.1 Å². The minimum absolute atomic E-state index is 0.152. The highest BCUT2D eigenvalue weighted by Gasteiger charge is 2.17. The first-order chi connectivity index (χ1) is 8.10. The van der Waals surface area contributed by atoms with E-state index in [0.717, 1.165) is 17.7 Å². The second kappa shape index (κ2) is 6.30. The third-order valence-corrected chi connectivity index (χ3v) is 2.94. The fraction of sp³-hybridized carbons (Fsp3) is 0.467. The van der Waals surface area contributed by atoms with Gasteiger partial charge in [0.15, 0.2) is 0 Å². The van der Waals surface area contributed by atoms with Gasteiger partial charge in [-0.15, -0.1) is 5.92 Å². The molecule has 0 aliphatic rings. The Bertz CT molecular complexity index is 428. The van der Waals surface area contributed by atoms with Crippen LogP contribution in [-0.2, 0) is 0 Å². The Labute approximate surface area is 103 Å². The van der Waals surface area contributed by atoms with Crippen LogP contribution < -0.4 is 4.74 Å². The van der Waals surface area contributed by atoms with Crippen molar-refractivity contribution >= 4 is 0 Å². The molecule has 0 aliphatic heterocycles. The lowest BCUT2D eigenvalue weighted by atomic mass is 9.88. The molecule has 1 aromatic rings. The quantitative estimate of drug-likeness (QED) is 0.719. The summed E-state index contributed by atoms with van der Waals surface area (Å²) in [5.74, 6) is 7.07. The Morgan fingerprint density at radius 3 is 2.65 bits per heavy atom. The normalized spacial score (nSPS) is 13.5. The summed E-state index contributed by atoms with van der Waals surface area (Å²) >= 11 is 0. The van der Waals surface area contributed by atoms with E-state index in [1.807, 2.05) is 13.8 Å². The molecule has 0 N–H and O–H groups in total. The largest absolute Gasteiger partial charge is 0.496 e. The zero-order chi connectivity index (χ0) is 12.8. The molecule has 0 fully saturated rings. The summed E-state index contributed by atoms with van der Waals surface area (Å²) in [4.78, 5) is 0. The zero-order valence-electron chi connectivity index (χ0n) is 10.9. The van der Waals surface area contributed by atoms with Crippen LogP contribution in [0.2, 0.25) is 0 Å². The van der Waals surface area contributed by atoms with Crippen LogP contribution in [0.3, 0.4) is 0 Å². The minimum Gasteiger partial charge on any atom is -0.496 e. The van der Waals surface area contributed by atoms with Gasteiger partial charge in [-0.2, -0.15) is 0 Å². The maximum Gasteiger partial charge on any atom is 0.123 e. The van der Waals surface area contributed by atoms with Crippen molar-refractivity contribution in [3.05, 3.63) is 29.6 Å². The lowest BCUT2D eigenvalue weighted by Gasteiger charge is -2.18. The summed E-state index contributed by atoms with van der Waals surface area (Å²) in [6, 6.07) is 4.62. The molecule has 0 amide bonds. The van der Waals surface area contributed by atoms with Crippen LogP contribution in [0.1, 0.15) is 38.7 Å². The number of benzene rings is 1. The molecule has 0 aliphatic carbocycles. The SMILES string of the molecule is CCC#CC(C)C(C)c1cc(F)ccc1OC. The standard InChI is InChI=1S/C15H19FO/c1-5-6-7-11(2)12(3)14-10-13(16)8-9-15(14)17-4/h8-12H,5H2,1-4H3. The van der Waals surface area contributed by atoms with E-state index < -0.39 is 0 Å². The number of halogens is 1. The molecule has 0 saturated heterocycles. The van der Waals surface area contributed by atoms with E-state index in [-0.39, 0.29) is 17.7 Å². The van der Waals surface area contributed by atoms with Crippen LogP contribution >= 0.6 is 0 Å². The Balaban J connectivity index is 3.01. The molecule has 0 heterocycles. The first-order valence-corrected chi connectivity index (χ1v) is 5.92. The van der Waals surface area contributed by atoms with E-state index in [1.165, 1.54) is 12.1 Å². The van der Waals surface area contributed by atoms with Gasteiger partial charge in [-0.05, 0) is 24.1 Å². The Morgan fingerprint density at radius 1 is 1.35 bits per heavy atom. The Kier molecular flexibility index (Phi) is 5.03. The van der Waals surface area contributed by atoms with Crippen molar-refractivity contribution in [1.29, 1.82) is 0 Å². The molecule has 2 heteroatoms. The summed E-state index contributed by atoms with van der Waals surface area (Å²) in [6.07, 6.45) is 0.845. The summed E-state index contributed by atoms with van der Waals surface area (Å²) < 4.78 is 18.5. The molecule has 2 unspecified atom stereocenters. The second-order valence-corrected chi connectivity index (χ2v) is 4.14. The fourth-order valence-corrected chi connectivity index (χ4v) is 1.72. The highest BCUT2D eigenvalue weighted by molar-refractivity contribution is 5.37. The van der Waals surface area contributed by atoms with E-state index in [2.05, 4.69) is 18.8 Å². The number of methoxy groups -OCH3 is 1. The molecule has 0 saturated carbocycles. The average Bonchev–Trinajstić information content (AvgIpc) is 2.34. The van der Waals surface area contributed by atoms with Crippen molar-refractivity contribution in [2.75, 3.05) is 7.11 Å². The molecule has 0 spiro atoms. The topological polar surface area (TPSA) is 9.23 Å². The predicted octanol–water partition coefficient (Wildman–Crippen LogP) is 3.99. The van der Waals surface area contributed by atoms with Crippen molar-refractivity contribution in [3.8, 4) is 17.6 Å². The van der Waals surface area contributed by atoms with Crippen molar-refractivity contribution in [2.24, 2.45) is 5.92 Å². The molecule has 0 aromatic heterocycles. The van der Waals surface area contributed by atoms with E-state index in [9.17, 15) is 4.39 Å². The van der Waals surface area contributed by atoms with Crippen LogP contribution in [0.25, 0.3) is 0 Å². The van der Waals surface area contributed by atoms with Gasteiger partial charge >= 0.3 is 0 Å². The number of hydrogen-bond acceptors (Lipinski definition) is 1. The van der Waals surface area contributed by atoms with E-state index >= 15 is 0 Å². The highest BCUT2D eigenvalue weighted by Crippen LogP contribution is 2.31. The van der Waals surface area contributed by atoms with Gasteiger partial charge < -0.3 is 4.74 Å². The number of rotatable bonds is 3. The maximum absolute atomic E-state index is 13.3. The van der Waals surface area contributed by atoms with Gasteiger partial charge in [-0.25, -0.2) is 4.39 Å². The maximum atomic E-state index is 13.3. The summed E-state index contributed by atoms with van der Waals surface area (Å²) in [5.41, 5.74) is 0.880. The molecule has 0 bridgehead atoms. The van der Waals surface area contributed by atoms with Gasteiger partial charge in [-0.1, -0.05) is 26.7 Å². The van der Waals surface area contributed by atoms with Gasteiger partial charge in [0.1, 0.15) is 11.6 Å². The predicted molar refractivity (Wildman–Crippen MR) is 68.6 cm³/mol. The lowest BCUT2D eigenvalue weighted by molar-refractivity contribution is 0.401. The average molecular weight is 234 g/mol. The van der Waals surface area contributed by atoms with Crippen LogP contribution in [0, 0.1) is 23.6 Å². The molecule has 17 heavy (non-hydrogen) atoms. The first-order valence-electron chi connectivity index (χ1n) is 5.92. The molecular formula is C15H19FO. The van der Waals surface area contributed by atoms with Gasteiger partial charge in [0.2, 0.25) is 0 Å². The molecule has 92 valence electrons. The van der Waals surface area contributed by atoms with E-state index in [1.54, 1.807) is 13.2 Å². The first kappa shape index (κ1) is 13.6. The van der Waals surface area contributed by atoms with Gasteiger partial charge in [-0.3, -0.25) is 0 Å². The van der Waals surface area contributed by atoms with Crippen molar-refractivity contribution in [3.63, 3.8) is 0 Å². The monoisotopic (exact) mass is 234 g/mol. The Hall–Kier alpha value is -1.49. The molecule has 1 aromatic carbocycles. The molecule has 1 nitrogen and oxygen atoms in total. The smallest absolute Gasteiger partial charge is 0.123 e. The van der Waals surface area contributed by atoms with Crippen LogP contribution in [0.15, 0.2) is 18.2 Å². The third kappa shape index (κ3) is 3.49. The summed E-state index contributed by atoms with van der Waals surface area (Å²) in [5, 5.41) is 0. The molecule has 1 rings (SSSR count). The van der Waals surface area contributed by atoms with Crippen LogP contribution in [0.4, 0.5) is 4.39 Å². The van der Waals surface area contributed by atoms with E-state index in [4.69, 9.17) is 4.74 Å². The van der Waals surface area contributed by atoms with E-state index in [0.29, 0.717) is 0 Å². The molecule has 0 radical (unpaired) electrons. The van der Waals surface area contributed by atoms with Crippen LogP contribution in [-0.4, -0.2) is 7.11 Å². The molecular weight excluding hydrogens is 215 g/mol. The minimum atomic E-state index is -0.233. The van der Waals surface area contributed by atoms with Crippen LogP contribution in [0.5, 0.6) is 5.75 Å². The number of ether oxygens (including phenoxy) is 1. The highest BCUT2D eigenvalue weighted by atomic mass is 19.1. The van der Waals surface area contributed by atoms with Gasteiger partial charge in [0, 0.05) is 17.9 Å².